The van der Waals surface area contributed by atoms with Crippen LogP contribution in [0.4, 0.5) is 4.39 Å². The van der Waals surface area contributed by atoms with Gasteiger partial charge < -0.3 is 9.88 Å². The van der Waals surface area contributed by atoms with Gasteiger partial charge in [0.05, 0.1) is 11.9 Å². The molecular weight excluding hydrogens is 313 g/mol. The van der Waals surface area contributed by atoms with Gasteiger partial charge in [0.25, 0.3) is 5.91 Å². The van der Waals surface area contributed by atoms with Crippen LogP contribution in [0.5, 0.6) is 0 Å². The van der Waals surface area contributed by atoms with E-state index in [0.29, 0.717) is 16.6 Å². The number of nitrogens with zero attached hydrogens (tertiary/aromatic N) is 2. The molecule has 0 atom stereocenters. The Morgan fingerprint density at radius 3 is 3.00 bits per heavy atom. The van der Waals surface area contributed by atoms with Gasteiger partial charge in [-0.1, -0.05) is 0 Å². The van der Waals surface area contributed by atoms with E-state index in [9.17, 15) is 9.18 Å². The first-order chi connectivity index (χ1) is 9.16. The Balaban J connectivity index is 1.81. The van der Waals surface area contributed by atoms with Crippen LogP contribution in [0, 0.1) is 5.82 Å². The summed E-state index contributed by atoms with van der Waals surface area (Å²) in [6.45, 7) is 1.35. The second kappa shape index (κ2) is 6.47. The fraction of sp³-hybridized carbons (Fsp3) is 0.231. The molecule has 1 N–H and O–H groups in total. The highest BCUT2D eigenvalue weighted by Gasteiger charge is 2.09. The molecule has 2 aromatic rings. The molecule has 0 aliphatic carbocycles. The van der Waals surface area contributed by atoms with E-state index in [4.69, 9.17) is 0 Å². The number of aromatic nitrogens is 2. The summed E-state index contributed by atoms with van der Waals surface area (Å²) in [5.41, 5.74) is 0.434. The number of aryl methyl sites for hydroxylation is 1. The highest BCUT2D eigenvalue weighted by Crippen LogP contribution is 2.17. The van der Waals surface area contributed by atoms with E-state index >= 15 is 0 Å². The third-order valence-electron chi connectivity index (χ3n) is 2.61. The van der Waals surface area contributed by atoms with Crippen molar-refractivity contribution < 1.29 is 9.18 Å². The monoisotopic (exact) mass is 325 g/mol. The summed E-state index contributed by atoms with van der Waals surface area (Å²) in [7, 11) is 0. The molecule has 4 nitrogen and oxygen atoms in total. The summed E-state index contributed by atoms with van der Waals surface area (Å²) in [5, 5.41) is 2.80. The van der Waals surface area contributed by atoms with E-state index in [-0.39, 0.29) is 11.7 Å². The molecule has 1 aromatic heterocycles. The minimum atomic E-state index is -0.372. The number of imidazole rings is 1. The van der Waals surface area contributed by atoms with Gasteiger partial charge in [0.2, 0.25) is 0 Å². The van der Waals surface area contributed by atoms with Crippen LogP contribution in [0.3, 0.4) is 0 Å². The third kappa shape index (κ3) is 3.89. The third-order valence-corrected chi connectivity index (χ3v) is 3.27. The largest absolute Gasteiger partial charge is 0.352 e. The molecule has 0 spiro atoms. The van der Waals surface area contributed by atoms with Crippen LogP contribution >= 0.6 is 15.9 Å². The fourth-order valence-electron chi connectivity index (χ4n) is 1.65. The first kappa shape index (κ1) is 13.7. The van der Waals surface area contributed by atoms with E-state index in [2.05, 4.69) is 26.2 Å². The zero-order valence-corrected chi connectivity index (χ0v) is 11.7. The van der Waals surface area contributed by atoms with Gasteiger partial charge in [-0.05, 0) is 40.5 Å². The summed E-state index contributed by atoms with van der Waals surface area (Å²) in [5.74, 6) is -0.582. The van der Waals surface area contributed by atoms with Crippen LogP contribution in [0.15, 0.2) is 41.4 Å². The predicted octanol–water partition coefficient (Wildman–Crippen LogP) is 2.60. The molecule has 0 saturated carbocycles. The maximum atomic E-state index is 12.9. The van der Waals surface area contributed by atoms with E-state index in [1.807, 2.05) is 10.8 Å². The second-order valence-electron chi connectivity index (χ2n) is 4.03. The van der Waals surface area contributed by atoms with E-state index < -0.39 is 0 Å². The number of carbonyl (C=O) groups excluding carboxylic acids is 1. The number of carbonyl (C=O) groups is 1. The molecule has 0 fully saturated rings. The Hall–Kier alpha value is -1.69. The molecule has 2 rings (SSSR count). The molecule has 19 heavy (non-hydrogen) atoms. The maximum Gasteiger partial charge on any atom is 0.252 e. The van der Waals surface area contributed by atoms with Gasteiger partial charge in [-0.15, -0.1) is 0 Å². The topological polar surface area (TPSA) is 46.9 Å². The molecule has 6 heteroatoms. The van der Waals surface area contributed by atoms with Gasteiger partial charge in [-0.3, -0.25) is 4.79 Å². The number of amides is 1. The summed E-state index contributed by atoms with van der Waals surface area (Å²) in [6, 6.07) is 4.01. The minimum Gasteiger partial charge on any atom is -0.352 e. The van der Waals surface area contributed by atoms with Crippen LogP contribution in [0.2, 0.25) is 0 Å². The van der Waals surface area contributed by atoms with Crippen molar-refractivity contribution in [2.45, 2.75) is 13.0 Å². The zero-order chi connectivity index (χ0) is 13.7. The average Bonchev–Trinajstić information content (AvgIpc) is 2.87. The molecule has 0 bridgehead atoms. The lowest BCUT2D eigenvalue weighted by Crippen LogP contribution is -2.25. The van der Waals surface area contributed by atoms with Gasteiger partial charge >= 0.3 is 0 Å². The molecule has 0 aliphatic rings. The van der Waals surface area contributed by atoms with Gasteiger partial charge in [-0.2, -0.15) is 0 Å². The van der Waals surface area contributed by atoms with Crippen molar-refractivity contribution in [3.8, 4) is 0 Å². The average molecular weight is 326 g/mol. The van der Waals surface area contributed by atoms with E-state index in [1.54, 1.807) is 12.5 Å². The molecular formula is C13H13BrFN3O. The van der Waals surface area contributed by atoms with Gasteiger partial charge in [0, 0.05) is 30.0 Å². The molecule has 0 aliphatic heterocycles. The van der Waals surface area contributed by atoms with Gasteiger partial charge in [-0.25, -0.2) is 9.37 Å². The Kier molecular flexibility index (Phi) is 4.68. The van der Waals surface area contributed by atoms with Crippen molar-refractivity contribution in [1.29, 1.82) is 0 Å². The molecule has 0 unspecified atom stereocenters. The molecule has 0 radical (unpaired) electrons. The van der Waals surface area contributed by atoms with Crippen LogP contribution in [0.1, 0.15) is 16.8 Å². The van der Waals surface area contributed by atoms with Crippen molar-refractivity contribution in [3.05, 3.63) is 52.8 Å². The van der Waals surface area contributed by atoms with Gasteiger partial charge in [0.1, 0.15) is 5.82 Å². The molecule has 1 aromatic carbocycles. The first-order valence-electron chi connectivity index (χ1n) is 5.86. The van der Waals surface area contributed by atoms with Crippen molar-refractivity contribution in [2.75, 3.05) is 6.54 Å². The molecule has 100 valence electrons. The second-order valence-corrected chi connectivity index (χ2v) is 4.89. The maximum absolute atomic E-state index is 12.9. The summed E-state index contributed by atoms with van der Waals surface area (Å²) < 4.78 is 15.3. The van der Waals surface area contributed by atoms with Crippen LogP contribution in [-0.2, 0) is 6.54 Å². The number of halogens is 2. The van der Waals surface area contributed by atoms with Gasteiger partial charge in [0.15, 0.2) is 0 Å². The van der Waals surface area contributed by atoms with E-state index in [0.717, 1.165) is 13.0 Å². The number of hydrogen-bond acceptors (Lipinski definition) is 2. The summed E-state index contributed by atoms with van der Waals surface area (Å²) >= 11 is 3.17. The highest BCUT2D eigenvalue weighted by atomic mass is 79.9. The Morgan fingerprint density at radius 1 is 1.47 bits per heavy atom. The smallest absolute Gasteiger partial charge is 0.252 e. The molecule has 0 saturated heterocycles. The zero-order valence-electron chi connectivity index (χ0n) is 10.1. The first-order valence-corrected chi connectivity index (χ1v) is 6.65. The molecule has 1 amide bonds. The standard InChI is InChI=1S/C13H13BrFN3O/c14-12-8-10(15)2-3-11(12)13(19)17-4-1-6-18-7-5-16-9-18/h2-3,5,7-9H,1,4,6H2,(H,17,19). The predicted molar refractivity (Wildman–Crippen MR) is 73.3 cm³/mol. The molecule has 1 heterocycles. The summed E-state index contributed by atoms with van der Waals surface area (Å²) in [6.07, 6.45) is 6.13. The fourth-order valence-corrected chi connectivity index (χ4v) is 2.18. The van der Waals surface area contributed by atoms with Crippen LogP contribution in [-0.4, -0.2) is 22.0 Å². The van der Waals surface area contributed by atoms with Crippen LogP contribution in [0.25, 0.3) is 0 Å². The van der Waals surface area contributed by atoms with Crippen LogP contribution < -0.4 is 5.32 Å². The number of nitrogens with one attached hydrogen (secondary N) is 1. The normalized spacial score (nSPS) is 10.4. The van der Waals surface area contributed by atoms with Crippen molar-refractivity contribution in [3.63, 3.8) is 0 Å². The summed E-state index contributed by atoms with van der Waals surface area (Å²) in [4.78, 5) is 15.8. The van der Waals surface area contributed by atoms with Crippen molar-refractivity contribution >= 4 is 21.8 Å². The number of rotatable bonds is 5. The number of hydrogen-bond donors (Lipinski definition) is 1. The van der Waals surface area contributed by atoms with Crippen molar-refractivity contribution in [2.24, 2.45) is 0 Å². The quantitative estimate of drug-likeness (QED) is 0.859. The Labute approximate surface area is 118 Å². The minimum absolute atomic E-state index is 0.211. The lowest BCUT2D eigenvalue weighted by Gasteiger charge is -2.07. The van der Waals surface area contributed by atoms with E-state index in [1.165, 1.54) is 18.2 Å². The lowest BCUT2D eigenvalue weighted by molar-refractivity contribution is 0.0952. The Bertz CT molecular complexity index is 557. The SMILES string of the molecule is O=C(NCCCn1ccnc1)c1ccc(F)cc1Br. The number of benzene rings is 1. The van der Waals surface area contributed by atoms with Crippen molar-refractivity contribution in [1.82, 2.24) is 14.9 Å². The highest BCUT2D eigenvalue weighted by molar-refractivity contribution is 9.10. The Morgan fingerprint density at radius 2 is 2.32 bits per heavy atom. The lowest BCUT2D eigenvalue weighted by atomic mass is 10.2.